The minimum absolute atomic E-state index is 0.0765. The topological polar surface area (TPSA) is 73.4 Å². The number of methoxy groups -OCH3 is 1. The fourth-order valence-electron chi connectivity index (χ4n) is 4.34. The Bertz CT molecular complexity index is 1170. The van der Waals surface area contributed by atoms with Crippen LogP contribution in [0.15, 0.2) is 54.7 Å². The summed E-state index contributed by atoms with van der Waals surface area (Å²) in [7, 11) is 1.49. The summed E-state index contributed by atoms with van der Waals surface area (Å²) >= 11 is 0. The molecule has 0 bridgehead atoms. The Hall–Kier alpha value is -3.10. The number of hydrogen-bond acceptors (Lipinski definition) is 4. The lowest BCUT2D eigenvalue weighted by molar-refractivity contribution is -0.140. The van der Waals surface area contributed by atoms with E-state index in [2.05, 4.69) is 0 Å². The summed E-state index contributed by atoms with van der Waals surface area (Å²) in [4.78, 5) is 20.0. The number of rotatable bonds is 10. The van der Waals surface area contributed by atoms with Crippen LogP contribution in [-0.4, -0.2) is 46.7 Å². The van der Waals surface area contributed by atoms with E-state index in [-0.39, 0.29) is 30.2 Å². The molecule has 0 spiro atoms. The number of halogens is 2. The zero-order chi connectivity index (χ0) is 26.5. The van der Waals surface area contributed by atoms with Gasteiger partial charge in [-0.1, -0.05) is 45.0 Å². The lowest BCUT2D eigenvalue weighted by Gasteiger charge is -2.40. The van der Waals surface area contributed by atoms with Crippen LogP contribution in [-0.2, 0) is 16.1 Å². The van der Waals surface area contributed by atoms with Gasteiger partial charge in [-0.25, -0.2) is 13.8 Å². The van der Waals surface area contributed by atoms with E-state index in [1.807, 2.05) is 44.5 Å². The molecule has 8 heteroatoms. The molecule has 1 aromatic heterocycles. The SMILES string of the molecule is COCC(=O)N(CC[C@@H](C)N)C(c1nc(-c2cccc(F)c2)cn1Cc1cccc(F)c1)C(C)(C)C. The standard InChI is InChI=1S/C28H36F2N4O2/c1-19(31)12-13-34(25(35)18-36-5)26(28(2,3)4)27-32-24(21-9-7-11-23(30)15-21)17-33(27)16-20-8-6-10-22(29)14-20/h6-11,14-15,17,19,26H,12-13,16,18,31H2,1-5H3/t19-,26?/m1/s1. The van der Waals surface area contributed by atoms with E-state index >= 15 is 0 Å². The Kier molecular flexibility index (Phi) is 8.98. The average Bonchev–Trinajstić information content (AvgIpc) is 3.18. The number of benzene rings is 2. The van der Waals surface area contributed by atoms with Crippen molar-refractivity contribution in [2.45, 2.75) is 52.7 Å². The molecule has 0 saturated heterocycles. The Morgan fingerprint density at radius 1 is 1.14 bits per heavy atom. The van der Waals surface area contributed by atoms with Crippen molar-refractivity contribution >= 4 is 5.91 Å². The Labute approximate surface area is 212 Å². The first-order valence-corrected chi connectivity index (χ1v) is 12.1. The van der Waals surface area contributed by atoms with Crippen molar-refractivity contribution in [3.05, 3.63) is 77.8 Å². The van der Waals surface area contributed by atoms with Crippen LogP contribution in [0.5, 0.6) is 0 Å². The van der Waals surface area contributed by atoms with Gasteiger partial charge in [-0.2, -0.15) is 0 Å². The van der Waals surface area contributed by atoms with Gasteiger partial charge < -0.3 is 19.9 Å². The molecular formula is C28H36F2N4O2. The molecule has 1 amide bonds. The highest BCUT2D eigenvalue weighted by Gasteiger charge is 2.38. The van der Waals surface area contributed by atoms with Crippen molar-refractivity contribution < 1.29 is 18.3 Å². The van der Waals surface area contributed by atoms with Gasteiger partial charge in [0.05, 0.1) is 11.7 Å². The van der Waals surface area contributed by atoms with Crippen molar-refractivity contribution in [3.8, 4) is 11.3 Å². The van der Waals surface area contributed by atoms with Crippen LogP contribution in [0.4, 0.5) is 8.78 Å². The summed E-state index contributed by atoms with van der Waals surface area (Å²) in [5.41, 5.74) is 7.55. The second-order valence-corrected chi connectivity index (χ2v) is 10.3. The first-order valence-electron chi connectivity index (χ1n) is 12.1. The van der Waals surface area contributed by atoms with Crippen molar-refractivity contribution in [3.63, 3.8) is 0 Å². The highest BCUT2D eigenvalue weighted by atomic mass is 19.1. The van der Waals surface area contributed by atoms with Crippen molar-refractivity contribution in [1.29, 1.82) is 0 Å². The predicted molar refractivity (Wildman–Crippen MR) is 137 cm³/mol. The quantitative estimate of drug-likeness (QED) is 0.418. The minimum Gasteiger partial charge on any atom is -0.375 e. The van der Waals surface area contributed by atoms with Crippen LogP contribution in [0.2, 0.25) is 0 Å². The Morgan fingerprint density at radius 3 is 2.39 bits per heavy atom. The van der Waals surface area contributed by atoms with Gasteiger partial charge in [0, 0.05) is 38.0 Å². The van der Waals surface area contributed by atoms with Crippen LogP contribution in [0, 0.1) is 17.0 Å². The molecule has 0 aliphatic heterocycles. The van der Waals surface area contributed by atoms with Crippen molar-refractivity contribution in [1.82, 2.24) is 14.5 Å². The molecule has 2 aromatic carbocycles. The summed E-state index contributed by atoms with van der Waals surface area (Å²) in [6.45, 7) is 8.70. The van der Waals surface area contributed by atoms with E-state index in [1.165, 1.54) is 31.4 Å². The maximum atomic E-state index is 14.0. The van der Waals surface area contributed by atoms with E-state index in [0.717, 1.165) is 5.56 Å². The minimum atomic E-state index is -0.449. The number of carbonyl (C=O) groups excluding carboxylic acids is 1. The van der Waals surface area contributed by atoms with Gasteiger partial charge in [0.2, 0.25) is 5.91 Å². The molecule has 0 aliphatic rings. The number of nitrogens with two attached hydrogens (primary N) is 1. The Balaban J connectivity index is 2.18. The van der Waals surface area contributed by atoms with Gasteiger partial charge in [-0.3, -0.25) is 4.79 Å². The molecule has 194 valence electrons. The predicted octanol–water partition coefficient (Wildman–Crippen LogP) is 5.18. The molecule has 0 saturated carbocycles. The maximum absolute atomic E-state index is 14.0. The zero-order valence-corrected chi connectivity index (χ0v) is 21.7. The van der Waals surface area contributed by atoms with Gasteiger partial charge in [0.25, 0.3) is 0 Å². The second kappa shape index (κ2) is 11.8. The highest BCUT2D eigenvalue weighted by molar-refractivity contribution is 5.78. The molecule has 36 heavy (non-hydrogen) atoms. The molecule has 2 N–H and O–H groups in total. The van der Waals surface area contributed by atoms with E-state index in [9.17, 15) is 13.6 Å². The maximum Gasteiger partial charge on any atom is 0.249 e. The number of amides is 1. The lowest BCUT2D eigenvalue weighted by Crippen LogP contribution is -2.45. The molecule has 3 aromatic rings. The molecule has 2 atom stereocenters. The first-order chi connectivity index (χ1) is 17.0. The molecule has 0 fully saturated rings. The highest BCUT2D eigenvalue weighted by Crippen LogP contribution is 2.39. The molecular weight excluding hydrogens is 462 g/mol. The summed E-state index contributed by atoms with van der Waals surface area (Å²) in [6, 6.07) is 12.0. The number of ether oxygens (including phenoxy) is 1. The van der Waals surface area contributed by atoms with E-state index in [4.69, 9.17) is 15.5 Å². The van der Waals surface area contributed by atoms with E-state index in [1.54, 1.807) is 23.1 Å². The third kappa shape index (κ3) is 6.98. The van der Waals surface area contributed by atoms with E-state index in [0.29, 0.717) is 36.6 Å². The van der Waals surface area contributed by atoms with Crippen LogP contribution in [0.3, 0.4) is 0 Å². The van der Waals surface area contributed by atoms with Crippen LogP contribution in [0.25, 0.3) is 11.3 Å². The van der Waals surface area contributed by atoms with Gasteiger partial charge in [0.15, 0.2) is 0 Å². The monoisotopic (exact) mass is 498 g/mol. The number of hydrogen-bond donors (Lipinski definition) is 1. The largest absolute Gasteiger partial charge is 0.375 e. The van der Waals surface area contributed by atoms with Gasteiger partial charge in [0.1, 0.15) is 24.1 Å². The smallest absolute Gasteiger partial charge is 0.249 e. The molecule has 1 heterocycles. The summed E-state index contributed by atoms with van der Waals surface area (Å²) in [6.07, 6.45) is 2.43. The third-order valence-corrected chi connectivity index (χ3v) is 5.96. The van der Waals surface area contributed by atoms with Crippen molar-refractivity contribution in [2.75, 3.05) is 20.3 Å². The molecule has 0 radical (unpaired) electrons. The number of carbonyl (C=O) groups is 1. The van der Waals surface area contributed by atoms with Gasteiger partial charge in [-0.15, -0.1) is 0 Å². The van der Waals surface area contributed by atoms with Crippen molar-refractivity contribution in [2.24, 2.45) is 11.1 Å². The average molecular weight is 499 g/mol. The second-order valence-electron chi connectivity index (χ2n) is 10.3. The first kappa shape index (κ1) is 27.5. The van der Waals surface area contributed by atoms with Crippen LogP contribution >= 0.6 is 0 Å². The molecule has 3 rings (SSSR count). The summed E-state index contributed by atoms with van der Waals surface area (Å²) < 4.78 is 35.1. The fraction of sp³-hybridized carbons (Fsp3) is 0.429. The molecule has 6 nitrogen and oxygen atoms in total. The summed E-state index contributed by atoms with van der Waals surface area (Å²) in [5, 5.41) is 0. The number of aromatic nitrogens is 2. The molecule has 1 unspecified atom stereocenters. The fourth-order valence-corrected chi connectivity index (χ4v) is 4.34. The van der Waals surface area contributed by atoms with Crippen LogP contribution in [0.1, 0.15) is 51.5 Å². The molecule has 0 aliphatic carbocycles. The lowest BCUT2D eigenvalue weighted by atomic mass is 9.84. The van der Waals surface area contributed by atoms with Gasteiger partial charge >= 0.3 is 0 Å². The number of imidazole rings is 1. The third-order valence-electron chi connectivity index (χ3n) is 5.96. The summed E-state index contributed by atoms with van der Waals surface area (Å²) in [5.74, 6) is -0.249. The van der Waals surface area contributed by atoms with Gasteiger partial charge in [-0.05, 0) is 48.6 Å². The normalized spacial score (nSPS) is 13.4. The number of nitrogens with zero attached hydrogens (tertiary/aromatic N) is 3. The Morgan fingerprint density at radius 2 is 1.81 bits per heavy atom. The van der Waals surface area contributed by atoms with E-state index < -0.39 is 11.5 Å². The zero-order valence-electron chi connectivity index (χ0n) is 21.7. The van der Waals surface area contributed by atoms with Crippen LogP contribution < -0.4 is 5.73 Å².